The first kappa shape index (κ1) is 21.3. The predicted molar refractivity (Wildman–Crippen MR) is 106 cm³/mol. The number of nitrogens with one attached hydrogen (secondary N) is 2. The fourth-order valence-corrected chi connectivity index (χ4v) is 4.07. The fourth-order valence-electron chi connectivity index (χ4n) is 4.07. The molecule has 3 atom stereocenters. The third-order valence-electron chi connectivity index (χ3n) is 5.77. The van der Waals surface area contributed by atoms with Crippen molar-refractivity contribution >= 4 is 23.6 Å². The van der Waals surface area contributed by atoms with E-state index in [1.165, 1.54) is 4.90 Å². The van der Waals surface area contributed by atoms with Crippen molar-refractivity contribution in [3.05, 3.63) is 29.3 Å². The number of ether oxygens (including phenoxy) is 2. The first-order valence-electron chi connectivity index (χ1n) is 10.4. The van der Waals surface area contributed by atoms with Gasteiger partial charge in [0.2, 0.25) is 17.7 Å². The molecule has 10 nitrogen and oxygen atoms in total. The third-order valence-corrected chi connectivity index (χ3v) is 5.77. The molecule has 0 spiro atoms. The Labute approximate surface area is 178 Å². The van der Waals surface area contributed by atoms with Crippen molar-refractivity contribution < 1.29 is 33.8 Å². The van der Waals surface area contributed by atoms with Gasteiger partial charge in [0, 0.05) is 25.1 Å². The first-order valence-corrected chi connectivity index (χ1v) is 10.4. The number of rotatable bonds is 6. The molecule has 10 heteroatoms. The number of aliphatic hydroxyl groups is 1. The summed E-state index contributed by atoms with van der Waals surface area (Å²) in [7, 11) is 0. The second-order valence-electron chi connectivity index (χ2n) is 7.92. The van der Waals surface area contributed by atoms with Crippen molar-refractivity contribution in [2.75, 3.05) is 19.8 Å². The summed E-state index contributed by atoms with van der Waals surface area (Å²) in [6, 6.07) is 4.07. The molecular weight excluding hydrogens is 406 g/mol. The van der Waals surface area contributed by atoms with E-state index in [0.717, 1.165) is 5.56 Å². The number of aliphatic hydroxyl groups excluding tert-OH is 1. The van der Waals surface area contributed by atoms with Crippen molar-refractivity contribution in [3.63, 3.8) is 0 Å². The lowest BCUT2D eigenvalue weighted by Crippen LogP contribution is -2.52. The molecule has 4 amide bonds. The number of carbonyl (C=O) groups is 4. The molecule has 0 saturated carbocycles. The van der Waals surface area contributed by atoms with Gasteiger partial charge in [-0.25, -0.2) is 0 Å². The van der Waals surface area contributed by atoms with E-state index in [1.807, 2.05) is 0 Å². The van der Waals surface area contributed by atoms with Gasteiger partial charge in [-0.15, -0.1) is 0 Å². The molecule has 1 aromatic rings. The average molecular weight is 431 g/mol. The molecular formula is C21H25N3O7. The van der Waals surface area contributed by atoms with Crippen LogP contribution in [0, 0.1) is 0 Å². The maximum absolute atomic E-state index is 12.7. The minimum atomic E-state index is -0.708. The highest BCUT2D eigenvalue weighted by atomic mass is 16.5. The summed E-state index contributed by atoms with van der Waals surface area (Å²) in [6.45, 7) is 1.13. The van der Waals surface area contributed by atoms with Crippen LogP contribution in [0.5, 0.6) is 5.75 Å². The summed E-state index contributed by atoms with van der Waals surface area (Å²) in [5.41, 5.74) is 1.24. The molecule has 2 fully saturated rings. The Balaban J connectivity index is 1.30. The van der Waals surface area contributed by atoms with Crippen LogP contribution in [0.2, 0.25) is 0 Å². The van der Waals surface area contributed by atoms with E-state index >= 15 is 0 Å². The summed E-state index contributed by atoms with van der Waals surface area (Å²) in [5, 5.41) is 14.9. The van der Waals surface area contributed by atoms with Crippen molar-refractivity contribution in [1.29, 1.82) is 0 Å². The maximum Gasteiger partial charge on any atom is 0.255 e. The summed E-state index contributed by atoms with van der Waals surface area (Å²) < 4.78 is 10.8. The van der Waals surface area contributed by atoms with Gasteiger partial charge < -0.3 is 24.8 Å². The van der Waals surface area contributed by atoms with E-state index < -0.39 is 18.1 Å². The predicted octanol–water partition coefficient (Wildman–Crippen LogP) is -0.517. The van der Waals surface area contributed by atoms with Gasteiger partial charge in [0.25, 0.3) is 5.91 Å². The molecule has 1 aromatic carbocycles. The molecule has 0 radical (unpaired) electrons. The highest BCUT2D eigenvalue weighted by Gasteiger charge is 2.39. The molecule has 2 saturated heterocycles. The molecule has 166 valence electrons. The van der Waals surface area contributed by atoms with E-state index in [0.29, 0.717) is 30.8 Å². The lowest BCUT2D eigenvalue weighted by Gasteiger charge is -2.29. The van der Waals surface area contributed by atoms with Crippen molar-refractivity contribution in [1.82, 2.24) is 15.5 Å². The summed E-state index contributed by atoms with van der Waals surface area (Å²) >= 11 is 0. The number of benzene rings is 1. The van der Waals surface area contributed by atoms with Crippen LogP contribution in [0.4, 0.5) is 0 Å². The number of piperidine rings is 1. The molecule has 3 N–H and O–H groups in total. The van der Waals surface area contributed by atoms with Gasteiger partial charge >= 0.3 is 0 Å². The van der Waals surface area contributed by atoms with Gasteiger partial charge in [-0.1, -0.05) is 0 Å². The van der Waals surface area contributed by atoms with E-state index in [9.17, 15) is 24.3 Å². The second-order valence-corrected chi connectivity index (χ2v) is 7.92. The Morgan fingerprint density at radius 1 is 1.29 bits per heavy atom. The van der Waals surface area contributed by atoms with Crippen LogP contribution in [0.3, 0.4) is 0 Å². The number of amides is 4. The smallest absolute Gasteiger partial charge is 0.255 e. The van der Waals surface area contributed by atoms with Gasteiger partial charge in [-0.05, 0) is 36.6 Å². The zero-order chi connectivity index (χ0) is 22.0. The molecule has 1 unspecified atom stereocenters. The number of nitrogens with zero attached hydrogens (tertiary/aromatic N) is 1. The SMILES string of the molecule is O=C1CCC(N2Cc3cc(OCCC(=O)N[C@@H]4CCOC[C@H]4O)ccc3C2=O)C(=O)N1. The van der Waals surface area contributed by atoms with Crippen LogP contribution in [-0.2, 0) is 25.7 Å². The van der Waals surface area contributed by atoms with Crippen molar-refractivity contribution in [2.45, 2.75) is 50.4 Å². The summed E-state index contributed by atoms with van der Waals surface area (Å²) in [4.78, 5) is 49.7. The molecule has 3 aliphatic rings. The molecule has 31 heavy (non-hydrogen) atoms. The quantitative estimate of drug-likeness (QED) is 0.516. The number of fused-ring (bicyclic) bond motifs is 1. The minimum absolute atomic E-state index is 0.127. The Morgan fingerprint density at radius 3 is 2.90 bits per heavy atom. The Bertz CT molecular complexity index is 903. The average Bonchev–Trinajstić information content (AvgIpc) is 3.05. The molecule has 3 heterocycles. The number of hydrogen-bond acceptors (Lipinski definition) is 7. The van der Waals surface area contributed by atoms with Crippen molar-refractivity contribution in [3.8, 4) is 5.75 Å². The highest BCUT2D eigenvalue weighted by molar-refractivity contribution is 6.05. The lowest BCUT2D eigenvalue weighted by atomic mass is 10.0. The zero-order valence-electron chi connectivity index (χ0n) is 17.0. The van der Waals surface area contributed by atoms with Crippen LogP contribution in [0.25, 0.3) is 0 Å². The van der Waals surface area contributed by atoms with Crippen LogP contribution >= 0.6 is 0 Å². The number of imide groups is 1. The maximum atomic E-state index is 12.7. The molecule has 3 aliphatic heterocycles. The second kappa shape index (κ2) is 9.03. The largest absolute Gasteiger partial charge is 0.493 e. The summed E-state index contributed by atoms with van der Waals surface area (Å²) in [6.07, 6.45) is 0.501. The van der Waals surface area contributed by atoms with E-state index in [2.05, 4.69) is 10.6 Å². The van der Waals surface area contributed by atoms with Gasteiger partial charge in [0.05, 0.1) is 31.8 Å². The molecule has 0 aromatic heterocycles. The molecule has 4 rings (SSSR count). The van der Waals surface area contributed by atoms with Gasteiger partial charge in [-0.2, -0.15) is 0 Å². The fraction of sp³-hybridized carbons (Fsp3) is 0.524. The number of carbonyl (C=O) groups excluding carboxylic acids is 4. The van der Waals surface area contributed by atoms with Crippen molar-refractivity contribution in [2.24, 2.45) is 0 Å². The molecule has 0 bridgehead atoms. The van der Waals surface area contributed by atoms with Crippen LogP contribution in [-0.4, -0.2) is 71.6 Å². The number of hydrogen-bond donors (Lipinski definition) is 3. The normalized spacial score (nSPS) is 25.8. The van der Waals surface area contributed by atoms with Gasteiger partial charge in [0.1, 0.15) is 11.8 Å². The standard InChI is InChI=1S/C21H25N3O7/c25-17-11-30-7-5-15(17)22-19(27)6-8-31-13-1-2-14-12(9-13)10-24(21(14)29)16-3-4-18(26)23-20(16)28/h1-2,9,15-17,25H,3-8,10-11H2,(H,22,27)(H,23,26,28)/t15-,16?,17-/m1/s1. The topological polar surface area (TPSA) is 134 Å². The monoisotopic (exact) mass is 431 g/mol. The Morgan fingerprint density at radius 2 is 2.13 bits per heavy atom. The van der Waals surface area contributed by atoms with Gasteiger partial charge in [-0.3, -0.25) is 24.5 Å². The molecule has 0 aliphatic carbocycles. The van der Waals surface area contributed by atoms with E-state index in [4.69, 9.17) is 9.47 Å². The van der Waals surface area contributed by atoms with E-state index in [-0.39, 0.29) is 56.4 Å². The first-order chi connectivity index (χ1) is 14.9. The van der Waals surface area contributed by atoms with Gasteiger partial charge in [0.15, 0.2) is 0 Å². The summed E-state index contributed by atoms with van der Waals surface area (Å²) in [5.74, 6) is -0.710. The lowest BCUT2D eigenvalue weighted by molar-refractivity contribution is -0.137. The van der Waals surface area contributed by atoms with Crippen LogP contribution < -0.4 is 15.4 Å². The minimum Gasteiger partial charge on any atom is -0.493 e. The Kier molecular flexibility index (Phi) is 6.19. The highest BCUT2D eigenvalue weighted by Crippen LogP contribution is 2.30. The van der Waals surface area contributed by atoms with Crippen LogP contribution in [0.1, 0.15) is 41.6 Å². The zero-order valence-corrected chi connectivity index (χ0v) is 17.0. The van der Waals surface area contributed by atoms with E-state index in [1.54, 1.807) is 18.2 Å². The Hall–Kier alpha value is -2.98. The van der Waals surface area contributed by atoms with Crippen LogP contribution in [0.15, 0.2) is 18.2 Å². The third kappa shape index (κ3) is 4.70.